The van der Waals surface area contributed by atoms with Crippen LogP contribution in [0.25, 0.3) is 11.4 Å². The van der Waals surface area contributed by atoms with Crippen molar-refractivity contribution in [3.05, 3.63) is 65.2 Å². The summed E-state index contributed by atoms with van der Waals surface area (Å²) in [5, 5.41) is 13.0. The number of benzene rings is 2. The Bertz CT molecular complexity index is 929. The topological polar surface area (TPSA) is 59.8 Å². The lowest BCUT2D eigenvalue weighted by Crippen LogP contribution is -2.33. The number of hydrogen-bond acceptors (Lipinski definition) is 4. The summed E-state index contributed by atoms with van der Waals surface area (Å²) in [4.78, 5) is 12.2. The Morgan fingerprint density at radius 3 is 2.57 bits per heavy atom. The van der Waals surface area contributed by atoms with E-state index < -0.39 is 0 Å². The molecule has 0 aliphatic rings. The van der Waals surface area contributed by atoms with E-state index in [1.165, 1.54) is 11.8 Å². The lowest BCUT2D eigenvalue weighted by Gasteiger charge is -2.13. The first-order chi connectivity index (χ1) is 13.6. The Balaban J connectivity index is 1.87. The van der Waals surface area contributed by atoms with Gasteiger partial charge < -0.3 is 5.32 Å². The van der Waals surface area contributed by atoms with Crippen molar-refractivity contribution in [2.45, 2.75) is 38.0 Å². The maximum Gasteiger partial charge on any atom is 0.230 e. The highest BCUT2D eigenvalue weighted by Gasteiger charge is 2.18. The van der Waals surface area contributed by atoms with Gasteiger partial charge in [0.05, 0.1) is 17.3 Å². The molecule has 7 heteroatoms. The van der Waals surface area contributed by atoms with Crippen LogP contribution in [0.3, 0.4) is 0 Å². The lowest BCUT2D eigenvalue weighted by molar-refractivity contribution is -0.119. The first-order valence-corrected chi connectivity index (χ1v) is 10.6. The van der Waals surface area contributed by atoms with Crippen LogP contribution >= 0.6 is 23.4 Å². The maximum absolute atomic E-state index is 12.2. The molecule has 1 N–H and O–H groups in total. The molecule has 1 aromatic heterocycles. The SMILES string of the molecule is CC[C@@H](C)NC(=O)CSc1nnc(-c2ccccc2Cl)n1Cc1ccccc1. The van der Waals surface area contributed by atoms with Crippen LogP contribution in [0.1, 0.15) is 25.8 Å². The van der Waals surface area contributed by atoms with Crippen LogP contribution in [-0.2, 0) is 11.3 Å². The van der Waals surface area contributed by atoms with Crippen LogP contribution in [0, 0.1) is 0 Å². The molecule has 0 unspecified atom stereocenters. The van der Waals surface area contributed by atoms with E-state index in [1.54, 1.807) is 0 Å². The fourth-order valence-electron chi connectivity index (χ4n) is 2.69. The average molecular weight is 415 g/mol. The Morgan fingerprint density at radius 1 is 1.14 bits per heavy atom. The molecule has 0 aliphatic carbocycles. The summed E-state index contributed by atoms with van der Waals surface area (Å²) in [5.41, 5.74) is 1.95. The van der Waals surface area contributed by atoms with Gasteiger partial charge in [0, 0.05) is 11.6 Å². The minimum Gasteiger partial charge on any atom is -0.353 e. The Labute approximate surface area is 174 Å². The number of halogens is 1. The van der Waals surface area contributed by atoms with Crippen LogP contribution in [0.5, 0.6) is 0 Å². The van der Waals surface area contributed by atoms with E-state index in [1.807, 2.05) is 60.9 Å². The Hall–Kier alpha value is -2.31. The predicted octanol–water partition coefficient (Wildman–Crippen LogP) is 4.65. The minimum absolute atomic E-state index is 0.00657. The second kappa shape index (κ2) is 9.75. The highest BCUT2D eigenvalue weighted by atomic mass is 35.5. The van der Waals surface area contributed by atoms with Gasteiger partial charge in [0.2, 0.25) is 5.91 Å². The van der Waals surface area contributed by atoms with Crippen molar-refractivity contribution >= 4 is 29.3 Å². The van der Waals surface area contributed by atoms with Gasteiger partial charge >= 0.3 is 0 Å². The smallest absolute Gasteiger partial charge is 0.230 e. The predicted molar refractivity (Wildman–Crippen MR) is 115 cm³/mol. The van der Waals surface area contributed by atoms with E-state index in [4.69, 9.17) is 11.6 Å². The van der Waals surface area contributed by atoms with Crippen LogP contribution < -0.4 is 5.32 Å². The van der Waals surface area contributed by atoms with Crippen LogP contribution in [0.15, 0.2) is 59.8 Å². The molecule has 1 heterocycles. The molecule has 0 radical (unpaired) electrons. The van der Waals surface area contributed by atoms with Gasteiger partial charge in [0.25, 0.3) is 0 Å². The highest BCUT2D eigenvalue weighted by molar-refractivity contribution is 7.99. The van der Waals surface area contributed by atoms with Crippen molar-refractivity contribution in [2.75, 3.05) is 5.75 Å². The van der Waals surface area contributed by atoms with Gasteiger partial charge in [-0.2, -0.15) is 0 Å². The number of carbonyl (C=O) groups excluding carboxylic acids is 1. The highest BCUT2D eigenvalue weighted by Crippen LogP contribution is 2.29. The molecular weight excluding hydrogens is 392 g/mol. The first kappa shape index (κ1) is 20.4. The van der Waals surface area contributed by atoms with Gasteiger partial charge in [0.1, 0.15) is 0 Å². The number of thioether (sulfide) groups is 1. The van der Waals surface area contributed by atoms with Crippen LogP contribution in [0.2, 0.25) is 5.02 Å². The Kier molecular flexibility index (Phi) is 7.12. The summed E-state index contributed by atoms with van der Waals surface area (Å²) < 4.78 is 2.01. The van der Waals surface area contributed by atoms with Crippen molar-refractivity contribution in [3.8, 4) is 11.4 Å². The summed E-state index contributed by atoms with van der Waals surface area (Å²) in [6, 6.07) is 17.8. The zero-order valence-electron chi connectivity index (χ0n) is 15.9. The third-order valence-corrected chi connectivity index (χ3v) is 5.66. The van der Waals surface area contributed by atoms with Crippen molar-refractivity contribution in [3.63, 3.8) is 0 Å². The third kappa shape index (κ3) is 5.14. The number of nitrogens with one attached hydrogen (secondary N) is 1. The van der Waals surface area contributed by atoms with Gasteiger partial charge in [-0.25, -0.2) is 0 Å². The molecule has 2 aromatic carbocycles. The molecule has 3 rings (SSSR count). The zero-order chi connectivity index (χ0) is 19.9. The Morgan fingerprint density at radius 2 is 1.86 bits per heavy atom. The lowest BCUT2D eigenvalue weighted by atomic mass is 10.2. The number of nitrogens with zero attached hydrogens (tertiary/aromatic N) is 3. The standard InChI is InChI=1S/C21H23ClN4OS/c1-3-15(2)23-19(27)14-28-21-25-24-20(17-11-7-8-12-18(17)22)26(21)13-16-9-5-4-6-10-16/h4-12,15H,3,13-14H2,1-2H3,(H,23,27)/t15-/m1/s1. The van der Waals surface area contributed by atoms with Crippen molar-refractivity contribution in [2.24, 2.45) is 0 Å². The fourth-order valence-corrected chi connectivity index (χ4v) is 3.66. The minimum atomic E-state index is -0.00657. The molecule has 3 aromatic rings. The quantitative estimate of drug-likeness (QED) is 0.545. The molecule has 1 amide bonds. The van der Waals surface area contributed by atoms with Crippen molar-refractivity contribution < 1.29 is 4.79 Å². The van der Waals surface area contributed by atoms with E-state index in [-0.39, 0.29) is 11.9 Å². The van der Waals surface area contributed by atoms with Gasteiger partial charge in [-0.3, -0.25) is 9.36 Å². The maximum atomic E-state index is 12.2. The molecule has 0 saturated carbocycles. The molecule has 0 aliphatic heterocycles. The first-order valence-electron chi connectivity index (χ1n) is 9.22. The van der Waals surface area contributed by atoms with Gasteiger partial charge in [0.15, 0.2) is 11.0 Å². The second-order valence-electron chi connectivity index (χ2n) is 6.52. The summed E-state index contributed by atoms with van der Waals surface area (Å²) in [5.74, 6) is 0.979. The average Bonchev–Trinajstić information content (AvgIpc) is 3.09. The van der Waals surface area contributed by atoms with E-state index in [0.717, 1.165) is 17.5 Å². The van der Waals surface area contributed by atoms with Gasteiger partial charge in [-0.1, -0.05) is 72.8 Å². The molecule has 1 atom stereocenters. The number of carbonyl (C=O) groups is 1. The van der Waals surface area contributed by atoms with Gasteiger partial charge in [-0.15, -0.1) is 10.2 Å². The van der Waals surface area contributed by atoms with Gasteiger partial charge in [-0.05, 0) is 31.0 Å². The summed E-state index contributed by atoms with van der Waals surface area (Å²) in [7, 11) is 0. The van der Waals surface area contributed by atoms with E-state index in [9.17, 15) is 4.79 Å². The van der Waals surface area contributed by atoms with Crippen LogP contribution in [0.4, 0.5) is 0 Å². The molecule has 28 heavy (non-hydrogen) atoms. The summed E-state index contributed by atoms with van der Waals surface area (Å²) in [6.07, 6.45) is 0.900. The monoisotopic (exact) mass is 414 g/mol. The zero-order valence-corrected chi connectivity index (χ0v) is 17.5. The number of hydrogen-bond donors (Lipinski definition) is 1. The van der Waals surface area contributed by atoms with Crippen LogP contribution in [-0.4, -0.2) is 32.5 Å². The molecule has 5 nitrogen and oxygen atoms in total. The number of rotatable bonds is 8. The number of amides is 1. The summed E-state index contributed by atoms with van der Waals surface area (Å²) >= 11 is 7.77. The normalized spacial score (nSPS) is 12.0. The van der Waals surface area contributed by atoms with E-state index in [2.05, 4.69) is 27.6 Å². The molecular formula is C21H23ClN4OS. The second-order valence-corrected chi connectivity index (χ2v) is 7.87. The molecule has 0 spiro atoms. The third-order valence-electron chi connectivity index (χ3n) is 4.37. The van der Waals surface area contributed by atoms with E-state index >= 15 is 0 Å². The molecule has 146 valence electrons. The van der Waals surface area contributed by atoms with Crippen molar-refractivity contribution in [1.82, 2.24) is 20.1 Å². The fraction of sp³-hybridized carbons (Fsp3) is 0.286. The molecule has 0 saturated heterocycles. The largest absolute Gasteiger partial charge is 0.353 e. The molecule has 0 fully saturated rings. The van der Waals surface area contributed by atoms with E-state index in [0.29, 0.717) is 28.3 Å². The number of aromatic nitrogens is 3. The summed E-state index contributed by atoms with van der Waals surface area (Å²) in [6.45, 7) is 4.64. The van der Waals surface area contributed by atoms with Crippen molar-refractivity contribution in [1.29, 1.82) is 0 Å². The molecule has 0 bridgehead atoms.